The zero-order valence-electron chi connectivity index (χ0n) is 20.8. The number of carbonyl (C=O) groups excluding carboxylic acids is 3. The number of piperazine rings is 1. The maximum Gasteiger partial charge on any atom is 0.278 e. The summed E-state index contributed by atoms with van der Waals surface area (Å²) >= 11 is 0. The van der Waals surface area contributed by atoms with Gasteiger partial charge >= 0.3 is 0 Å². The number of para-hydroxylation sites is 1. The molecule has 2 aliphatic heterocycles. The van der Waals surface area contributed by atoms with Gasteiger partial charge in [0, 0.05) is 62.1 Å². The number of anilines is 2. The van der Waals surface area contributed by atoms with Gasteiger partial charge in [0.15, 0.2) is 5.78 Å². The molecule has 0 saturated carbocycles. The molecule has 9 heteroatoms. The van der Waals surface area contributed by atoms with Crippen molar-refractivity contribution in [3.8, 4) is 0 Å². The molecule has 0 radical (unpaired) electrons. The Labute approximate surface area is 214 Å². The highest BCUT2D eigenvalue weighted by molar-refractivity contribution is 6.05. The second-order valence-electron chi connectivity index (χ2n) is 9.34. The molecule has 0 atom stereocenters. The zero-order valence-corrected chi connectivity index (χ0v) is 20.8. The summed E-state index contributed by atoms with van der Waals surface area (Å²) in [5.41, 5.74) is 3.53. The van der Waals surface area contributed by atoms with Crippen LogP contribution in [0, 0.1) is 0 Å². The standard InChI is InChI=1S/C28H29N5O4/c1-20(34)21-6-8-23(9-7-21)30-16-18-31(19-17-30)26(35)13-15-33-27(36)11-10-24(29-33)28(37)32-14-12-22-4-2-3-5-25(22)32/h2-11H,12-19H2,1H3. The molecule has 9 nitrogen and oxygen atoms in total. The van der Waals surface area contributed by atoms with Crippen LogP contribution in [0.25, 0.3) is 0 Å². The van der Waals surface area contributed by atoms with E-state index in [0.29, 0.717) is 38.3 Å². The number of aromatic nitrogens is 2. The maximum absolute atomic E-state index is 13.1. The summed E-state index contributed by atoms with van der Waals surface area (Å²) in [5.74, 6) is -0.269. The number of amides is 2. The van der Waals surface area contributed by atoms with Gasteiger partial charge in [-0.3, -0.25) is 19.2 Å². The lowest BCUT2D eigenvalue weighted by molar-refractivity contribution is -0.131. The van der Waals surface area contributed by atoms with Crippen LogP contribution in [-0.2, 0) is 17.8 Å². The predicted octanol–water partition coefficient (Wildman–Crippen LogP) is 2.39. The number of nitrogens with zero attached hydrogens (tertiary/aromatic N) is 5. The third kappa shape index (κ3) is 5.16. The number of fused-ring (bicyclic) bond motifs is 1. The highest BCUT2D eigenvalue weighted by atomic mass is 16.2. The largest absolute Gasteiger partial charge is 0.368 e. The van der Waals surface area contributed by atoms with E-state index in [4.69, 9.17) is 0 Å². The maximum atomic E-state index is 13.1. The second-order valence-corrected chi connectivity index (χ2v) is 9.34. The molecule has 190 valence electrons. The van der Waals surface area contributed by atoms with Gasteiger partial charge in [0.2, 0.25) is 5.91 Å². The molecule has 3 aromatic rings. The quantitative estimate of drug-likeness (QED) is 0.484. The topological polar surface area (TPSA) is 95.8 Å². The SMILES string of the molecule is CC(=O)c1ccc(N2CCN(C(=O)CCn3nc(C(=O)N4CCc5ccccc54)ccc3=O)CC2)cc1. The van der Waals surface area contributed by atoms with E-state index >= 15 is 0 Å². The first kappa shape index (κ1) is 24.4. The van der Waals surface area contributed by atoms with Crippen LogP contribution in [0.1, 0.15) is 39.8 Å². The van der Waals surface area contributed by atoms with Crippen molar-refractivity contribution in [1.29, 1.82) is 0 Å². The van der Waals surface area contributed by atoms with E-state index in [-0.39, 0.29) is 41.8 Å². The van der Waals surface area contributed by atoms with Gasteiger partial charge in [-0.1, -0.05) is 18.2 Å². The molecule has 0 unspecified atom stereocenters. The van der Waals surface area contributed by atoms with Crippen molar-refractivity contribution in [2.75, 3.05) is 42.5 Å². The molecular formula is C28H29N5O4. The Morgan fingerprint density at radius 2 is 1.59 bits per heavy atom. The van der Waals surface area contributed by atoms with E-state index < -0.39 is 0 Å². The molecule has 2 amide bonds. The minimum absolute atomic E-state index is 0.0341. The van der Waals surface area contributed by atoms with E-state index in [1.807, 2.05) is 48.5 Å². The Morgan fingerprint density at radius 1 is 0.865 bits per heavy atom. The molecule has 5 rings (SSSR count). The van der Waals surface area contributed by atoms with Crippen LogP contribution < -0.4 is 15.4 Å². The Bertz CT molecular complexity index is 1390. The van der Waals surface area contributed by atoms with Gasteiger partial charge in [-0.05, 0) is 55.3 Å². The third-order valence-electron chi connectivity index (χ3n) is 7.03. The van der Waals surface area contributed by atoms with Crippen molar-refractivity contribution in [3.05, 3.63) is 87.8 Å². The zero-order chi connectivity index (χ0) is 25.9. The molecule has 0 spiro atoms. The lowest BCUT2D eigenvalue weighted by atomic mass is 10.1. The Balaban J connectivity index is 1.17. The van der Waals surface area contributed by atoms with Gasteiger partial charge in [-0.25, -0.2) is 4.68 Å². The fourth-order valence-electron chi connectivity index (χ4n) is 4.89. The predicted molar refractivity (Wildman–Crippen MR) is 140 cm³/mol. The average Bonchev–Trinajstić information content (AvgIpc) is 3.36. The van der Waals surface area contributed by atoms with Gasteiger partial charge in [-0.15, -0.1) is 0 Å². The molecule has 0 aliphatic carbocycles. The van der Waals surface area contributed by atoms with Gasteiger partial charge in [0.1, 0.15) is 5.69 Å². The second kappa shape index (κ2) is 10.4. The minimum Gasteiger partial charge on any atom is -0.368 e. The molecule has 2 aliphatic rings. The van der Waals surface area contributed by atoms with Crippen LogP contribution in [0.15, 0.2) is 65.5 Å². The van der Waals surface area contributed by atoms with E-state index in [0.717, 1.165) is 23.4 Å². The lowest BCUT2D eigenvalue weighted by Gasteiger charge is -2.36. The summed E-state index contributed by atoms with van der Waals surface area (Å²) in [7, 11) is 0. The molecule has 1 aromatic heterocycles. The van der Waals surface area contributed by atoms with E-state index in [1.54, 1.807) is 16.7 Å². The molecule has 3 heterocycles. The van der Waals surface area contributed by atoms with Crippen LogP contribution >= 0.6 is 0 Å². The van der Waals surface area contributed by atoms with Crippen LogP contribution in [-0.4, -0.2) is 65.0 Å². The highest BCUT2D eigenvalue weighted by Gasteiger charge is 2.27. The van der Waals surface area contributed by atoms with Crippen molar-refractivity contribution >= 4 is 29.0 Å². The molecule has 2 aromatic carbocycles. The van der Waals surface area contributed by atoms with Crippen molar-refractivity contribution in [2.45, 2.75) is 26.3 Å². The number of benzene rings is 2. The van der Waals surface area contributed by atoms with Gasteiger partial charge in [-0.2, -0.15) is 5.10 Å². The van der Waals surface area contributed by atoms with Crippen molar-refractivity contribution in [1.82, 2.24) is 14.7 Å². The number of hydrogen-bond donors (Lipinski definition) is 0. The number of rotatable bonds is 6. The number of hydrogen-bond acceptors (Lipinski definition) is 6. The molecular weight excluding hydrogens is 470 g/mol. The molecule has 1 saturated heterocycles. The van der Waals surface area contributed by atoms with Crippen LogP contribution in [0.4, 0.5) is 11.4 Å². The Hall–Kier alpha value is -4.27. The number of aryl methyl sites for hydroxylation is 1. The van der Waals surface area contributed by atoms with Crippen molar-refractivity contribution < 1.29 is 14.4 Å². The van der Waals surface area contributed by atoms with Crippen LogP contribution in [0.5, 0.6) is 0 Å². The number of Topliss-reactive ketones (excluding diaryl/α,β-unsaturated/α-hetero) is 1. The smallest absolute Gasteiger partial charge is 0.278 e. The molecule has 37 heavy (non-hydrogen) atoms. The van der Waals surface area contributed by atoms with Crippen LogP contribution in [0.2, 0.25) is 0 Å². The van der Waals surface area contributed by atoms with E-state index in [9.17, 15) is 19.2 Å². The number of ketones is 1. The van der Waals surface area contributed by atoms with Crippen molar-refractivity contribution in [3.63, 3.8) is 0 Å². The van der Waals surface area contributed by atoms with Crippen molar-refractivity contribution in [2.24, 2.45) is 0 Å². The number of carbonyl (C=O) groups is 3. The normalized spacial score (nSPS) is 15.0. The summed E-state index contributed by atoms with van der Waals surface area (Å²) in [5, 5.41) is 4.29. The summed E-state index contributed by atoms with van der Waals surface area (Å²) in [6, 6.07) is 18.1. The first-order valence-corrected chi connectivity index (χ1v) is 12.5. The Kier molecular flexibility index (Phi) is 6.85. The molecule has 0 N–H and O–H groups in total. The fraction of sp³-hybridized carbons (Fsp3) is 0.321. The fourth-order valence-corrected chi connectivity index (χ4v) is 4.89. The first-order chi connectivity index (χ1) is 17.9. The minimum atomic E-state index is -0.343. The lowest BCUT2D eigenvalue weighted by Crippen LogP contribution is -2.49. The van der Waals surface area contributed by atoms with Gasteiger partial charge < -0.3 is 14.7 Å². The Morgan fingerprint density at radius 3 is 2.32 bits per heavy atom. The molecule has 1 fully saturated rings. The summed E-state index contributed by atoms with van der Waals surface area (Å²) < 4.78 is 1.21. The molecule has 0 bridgehead atoms. The van der Waals surface area contributed by atoms with Gasteiger partial charge in [0.05, 0.1) is 6.54 Å². The summed E-state index contributed by atoms with van der Waals surface area (Å²) in [6.07, 6.45) is 0.914. The first-order valence-electron chi connectivity index (χ1n) is 12.5. The summed E-state index contributed by atoms with van der Waals surface area (Å²) in [4.78, 5) is 55.5. The van der Waals surface area contributed by atoms with Crippen LogP contribution in [0.3, 0.4) is 0 Å². The average molecular weight is 500 g/mol. The van der Waals surface area contributed by atoms with E-state index in [2.05, 4.69) is 10.00 Å². The third-order valence-corrected chi connectivity index (χ3v) is 7.03. The van der Waals surface area contributed by atoms with E-state index in [1.165, 1.54) is 16.8 Å². The van der Waals surface area contributed by atoms with Gasteiger partial charge in [0.25, 0.3) is 11.5 Å². The monoisotopic (exact) mass is 499 g/mol. The summed E-state index contributed by atoms with van der Waals surface area (Å²) in [6.45, 7) is 4.75. The highest BCUT2D eigenvalue weighted by Crippen LogP contribution is 2.28.